The molecule has 0 radical (unpaired) electrons. The Morgan fingerprint density at radius 3 is 2.17 bits per heavy atom. The first kappa shape index (κ1) is 10.0. The fourth-order valence-corrected chi connectivity index (χ4v) is 2.71. The van der Waals surface area contributed by atoms with Crippen LogP contribution in [0.4, 0.5) is 0 Å². The van der Waals surface area contributed by atoms with E-state index >= 15 is 0 Å². The summed E-state index contributed by atoms with van der Waals surface area (Å²) in [5, 5.41) is 0. The smallest absolute Gasteiger partial charge is 0.0170 e. The molecule has 1 aromatic rings. The summed E-state index contributed by atoms with van der Waals surface area (Å²) in [5.41, 5.74) is 3.05. The van der Waals surface area contributed by atoms with Crippen molar-refractivity contribution in [3.63, 3.8) is 0 Å². The van der Waals surface area contributed by atoms with Crippen molar-refractivity contribution in [3.8, 4) is 0 Å². The Morgan fingerprint density at radius 1 is 1.17 bits per heavy atom. The van der Waals surface area contributed by atoms with E-state index in [-0.39, 0.29) is 5.41 Å². The fourth-order valence-electron chi connectivity index (χ4n) is 1.23. The number of halogens is 1. The predicted molar refractivity (Wildman–Crippen MR) is 62.6 cm³/mol. The Kier molecular flexibility index (Phi) is 2.81. The molecule has 0 atom stereocenters. The van der Waals surface area contributed by atoms with Gasteiger partial charge in [-0.15, -0.1) is 0 Å². The van der Waals surface area contributed by atoms with Crippen LogP contribution in [0.3, 0.4) is 0 Å². The Bertz CT molecular complexity index is 282. The molecular weight excluding hydrogens is 259 g/mol. The molecule has 1 heteroatoms. The SMILES string of the molecule is Cc1ccc(C(C)(C)C)c(I)c1. The maximum absolute atomic E-state index is 2.41. The lowest BCUT2D eigenvalue weighted by Gasteiger charge is -2.20. The lowest BCUT2D eigenvalue weighted by atomic mass is 9.87. The van der Waals surface area contributed by atoms with E-state index in [1.807, 2.05) is 0 Å². The third kappa shape index (κ3) is 2.22. The van der Waals surface area contributed by atoms with Crippen molar-refractivity contribution in [1.82, 2.24) is 0 Å². The van der Waals surface area contributed by atoms with Gasteiger partial charge in [0.15, 0.2) is 0 Å². The monoisotopic (exact) mass is 274 g/mol. The van der Waals surface area contributed by atoms with Gasteiger partial charge in [0.1, 0.15) is 0 Å². The normalized spacial score (nSPS) is 11.8. The zero-order valence-electron chi connectivity index (χ0n) is 8.11. The second-order valence-electron chi connectivity index (χ2n) is 4.23. The molecule has 0 aromatic heterocycles. The Balaban J connectivity index is 3.19. The van der Waals surface area contributed by atoms with Crippen LogP contribution in [0.2, 0.25) is 0 Å². The van der Waals surface area contributed by atoms with Crippen molar-refractivity contribution in [2.75, 3.05) is 0 Å². The van der Waals surface area contributed by atoms with Crippen LogP contribution in [-0.4, -0.2) is 0 Å². The number of hydrogen-bond acceptors (Lipinski definition) is 0. The topological polar surface area (TPSA) is 0 Å². The number of hydrogen-bond donors (Lipinski definition) is 0. The number of rotatable bonds is 0. The molecule has 0 saturated heterocycles. The average molecular weight is 274 g/mol. The van der Waals surface area contributed by atoms with Gasteiger partial charge in [-0.3, -0.25) is 0 Å². The van der Waals surface area contributed by atoms with Gasteiger partial charge in [-0.1, -0.05) is 38.5 Å². The van der Waals surface area contributed by atoms with Crippen LogP contribution >= 0.6 is 22.6 Å². The molecule has 0 N–H and O–H groups in total. The summed E-state index contributed by atoms with van der Waals surface area (Å²) in [7, 11) is 0. The molecule has 0 aliphatic heterocycles. The molecule has 0 spiro atoms. The van der Waals surface area contributed by atoms with Gasteiger partial charge in [0.05, 0.1) is 0 Å². The summed E-state index contributed by atoms with van der Waals surface area (Å²) in [6.07, 6.45) is 0. The molecule has 0 heterocycles. The molecule has 0 bridgehead atoms. The Hall–Kier alpha value is -0.0500. The quantitative estimate of drug-likeness (QED) is 0.629. The second-order valence-corrected chi connectivity index (χ2v) is 5.40. The summed E-state index contributed by atoms with van der Waals surface area (Å²) < 4.78 is 1.38. The standard InChI is InChI=1S/C11H15I/c1-8-5-6-9(10(12)7-8)11(2,3)4/h5-7H,1-4H3. The molecule has 1 rings (SSSR count). The van der Waals surface area contributed by atoms with Gasteiger partial charge in [0.2, 0.25) is 0 Å². The van der Waals surface area contributed by atoms with Crippen molar-refractivity contribution in [1.29, 1.82) is 0 Å². The largest absolute Gasteiger partial charge is 0.0590 e. The van der Waals surface area contributed by atoms with E-state index in [4.69, 9.17) is 0 Å². The van der Waals surface area contributed by atoms with Crippen molar-refractivity contribution in [2.45, 2.75) is 33.1 Å². The highest BCUT2D eigenvalue weighted by Crippen LogP contribution is 2.27. The van der Waals surface area contributed by atoms with Gasteiger partial charge >= 0.3 is 0 Å². The summed E-state index contributed by atoms with van der Waals surface area (Å²) in [6.45, 7) is 8.88. The third-order valence-electron chi connectivity index (χ3n) is 1.93. The van der Waals surface area contributed by atoms with Crippen LogP contribution in [-0.2, 0) is 5.41 Å². The molecule has 0 unspecified atom stereocenters. The van der Waals surface area contributed by atoms with Gasteiger partial charge in [-0.05, 0) is 46.6 Å². The van der Waals surface area contributed by atoms with E-state index in [2.05, 4.69) is 68.5 Å². The van der Waals surface area contributed by atoms with Crippen LogP contribution < -0.4 is 0 Å². The van der Waals surface area contributed by atoms with Gasteiger partial charge in [0.25, 0.3) is 0 Å². The summed E-state index contributed by atoms with van der Waals surface area (Å²) >= 11 is 2.41. The van der Waals surface area contributed by atoms with Crippen LogP contribution in [0.1, 0.15) is 31.9 Å². The highest BCUT2D eigenvalue weighted by molar-refractivity contribution is 14.1. The van der Waals surface area contributed by atoms with E-state index in [0.29, 0.717) is 0 Å². The maximum atomic E-state index is 2.41. The second kappa shape index (κ2) is 3.36. The predicted octanol–water partition coefficient (Wildman–Crippen LogP) is 3.90. The minimum Gasteiger partial charge on any atom is -0.0590 e. The highest BCUT2D eigenvalue weighted by Gasteiger charge is 2.16. The van der Waals surface area contributed by atoms with E-state index in [1.165, 1.54) is 14.7 Å². The maximum Gasteiger partial charge on any atom is 0.0170 e. The van der Waals surface area contributed by atoms with Gasteiger partial charge < -0.3 is 0 Å². The zero-order chi connectivity index (χ0) is 9.35. The summed E-state index contributed by atoms with van der Waals surface area (Å²) in [4.78, 5) is 0. The Morgan fingerprint density at radius 2 is 1.75 bits per heavy atom. The lowest BCUT2D eigenvalue weighted by molar-refractivity contribution is 0.586. The minimum atomic E-state index is 0.268. The number of benzene rings is 1. The zero-order valence-corrected chi connectivity index (χ0v) is 10.3. The molecule has 0 aliphatic carbocycles. The molecule has 66 valence electrons. The van der Waals surface area contributed by atoms with Crippen LogP contribution in [0.5, 0.6) is 0 Å². The van der Waals surface area contributed by atoms with Crippen LogP contribution in [0.15, 0.2) is 18.2 Å². The molecule has 0 amide bonds. The fraction of sp³-hybridized carbons (Fsp3) is 0.455. The first-order chi connectivity index (χ1) is 5.41. The van der Waals surface area contributed by atoms with Crippen LogP contribution in [0, 0.1) is 10.5 Å². The lowest BCUT2D eigenvalue weighted by Crippen LogP contribution is -2.12. The molecular formula is C11H15I. The van der Waals surface area contributed by atoms with E-state index < -0.39 is 0 Å². The molecule has 0 nitrogen and oxygen atoms in total. The molecule has 12 heavy (non-hydrogen) atoms. The number of aryl methyl sites for hydroxylation is 1. The van der Waals surface area contributed by atoms with Crippen molar-refractivity contribution < 1.29 is 0 Å². The first-order valence-electron chi connectivity index (χ1n) is 4.18. The highest BCUT2D eigenvalue weighted by atomic mass is 127. The molecule has 0 fully saturated rings. The van der Waals surface area contributed by atoms with Gasteiger partial charge in [-0.25, -0.2) is 0 Å². The van der Waals surface area contributed by atoms with E-state index in [1.54, 1.807) is 0 Å². The molecule has 0 saturated carbocycles. The summed E-state index contributed by atoms with van der Waals surface area (Å²) in [5.74, 6) is 0. The van der Waals surface area contributed by atoms with Crippen molar-refractivity contribution >= 4 is 22.6 Å². The van der Waals surface area contributed by atoms with E-state index in [9.17, 15) is 0 Å². The first-order valence-corrected chi connectivity index (χ1v) is 5.26. The molecule has 1 aromatic carbocycles. The van der Waals surface area contributed by atoms with Gasteiger partial charge in [-0.2, -0.15) is 0 Å². The van der Waals surface area contributed by atoms with E-state index in [0.717, 1.165) is 0 Å². The van der Waals surface area contributed by atoms with Gasteiger partial charge in [0, 0.05) is 3.57 Å². The third-order valence-corrected chi connectivity index (χ3v) is 2.83. The minimum absolute atomic E-state index is 0.268. The average Bonchev–Trinajstić information content (AvgIpc) is 1.83. The van der Waals surface area contributed by atoms with Crippen molar-refractivity contribution in [2.24, 2.45) is 0 Å². The summed E-state index contributed by atoms with van der Waals surface area (Å²) in [6, 6.07) is 6.65. The Labute approximate surface area is 88.5 Å². The van der Waals surface area contributed by atoms with Crippen molar-refractivity contribution in [3.05, 3.63) is 32.9 Å². The van der Waals surface area contributed by atoms with Crippen LogP contribution in [0.25, 0.3) is 0 Å². The molecule has 0 aliphatic rings.